The van der Waals surface area contributed by atoms with Crippen LogP contribution in [0, 0.1) is 32.2 Å². The molecule has 0 aromatic heterocycles. The fourth-order valence-corrected chi connectivity index (χ4v) is 8.54. The summed E-state index contributed by atoms with van der Waals surface area (Å²) >= 11 is 2.15. The average molecular weight is 616 g/mol. The van der Waals surface area contributed by atoms with Crippen LogP contribution in [0.3, 0.4) is 0 Å². The molecule has 0 saturated heterocycles. The minimum absolute atomic E-state index is 0.0602. The van der Waals surface area contributed by atoms with Crippen LogP contribution >= 0.6 is 22.6 Å². The Balaban J connectivity index is 1.50. The lowest BCUT2D eigenvalue weighted by Crippen LogP contribution is -2.59. The van der Waals surface area contributed by atoms with Crippen LogP contribution in [0.15, 0.2) is 48.1 Å². The zero-order valence-corrected chi connectivity index (χ0v) is 23.7. The molecule has 5 rings (SSSR count). The summed E-state index contributed by atoms with van der Waals surface area (Å²) in [5.74, 6) is -0.442. The van der Waals surface area contributed by atoms with Crippen LogP contribution in [0.5, 0.6) is 0 Å². The van der Waals surface area contributed by atoms with Gasteiger partial charge in [0.15, 0.2) is 18.0 Å². The topological polar surface area (TPSA) is 86.7 Å². The molecule has 1 aromatic rings. The normalized spacial score (nSPS) is 36.1. The Hall–Kier alpha value is -2.29. The van der Waals surface area contributed by atoms with Crippen LogP contribution < -0.4 is 0 Å². The van der Waals surface area contributed by atoms with Crippen molar-refractivity contribution in [2.24, 2.45) is 28.6 Å². The van der Waals surface area contributed by atoms with Gasteiger partial charge in [-0.3, -0.25) is 14.4 Å². The Morgan fingerprint density at radius 1 is 1.08 bits per heavy atom. The molecule has 0 heterocycles. The van der Waals surface area contributed by atoms with Crippen LogP contribution in [0.4, 0.5) is 0 Å². The van der Waals surface area contributed by atoms with Crippen molar-refractivity contribution in [3.63, 3.8) is 0 Å². The zero-order valence-electron chi connectivity index (χ0n) is 21.6. The van der Waals surface area contributed by atoms with Gasteiger partial charge in [0.25, 0.3) is 0 Å². The second-order valence-electron chi connectivity index (χ2n) is 11.5. The molecule has 0 unspecified atom stereocenters. The van der Waals surface area contributed by atoms with Gasteiger partial charge >= 0.3 is 11.9 Å². The van der Waals surface area contributed by atoms with Crippen molar-refractivity contribution >= 4 is 46.1 Å². The summed E-state index contributed by atoms with van der Waals surface area (Å²) in [7, 11) is 0. The largest absolute Gasteiger partial charge is 0.458 e. The highest BCUT2D eigenvalue weighted by Gasteiger charge is 2.68. The third-order valence-corrected chi connectivity index (χ3v) is 10.5. The lowest BCUT2D eigenvalue weighted by Gasteiger charge is -2.58. The first-order valence-corrected chi connectivity index (χ1v) is 14.2. The van der Waals surface area contributed by atoms with Crippen molar-refractivity contribution < 1.29 is 28.7 Å². The minimum Gasteiger partial charge on any atom is -0.458 e. The molecular formula is C30H33IO6. The van der Waals surface area contributed by atoms with E-state index in [0.29, 0.717) is 23.8 Å². The molecule has 6 atom stereocenters. The van der Waals surface area contributed by atoms with Crippen molar-refractivity contribution in [1.82, 2.24) is 0 Å². The molecule has 196 valence electrons. The predicted octanol–water partition coefficient (Wildman–Crippen LogP) is 5.63. The lowest BCUT2D eigenvalue weighted by molar-refractivity contribution is -0.169. The highest BCUT2D eigenvalue weighted by atomic mass is 127. The highest BCUT2D eigenvalue weighted by Crippen LogP contribution is 2.68. The fraction of sp³-hybridized carbons (Fsp3) is 0.533. The van der Waals surface area contributed by atoms with Crippen LogP contribution in [-0.2, 0) is 23.9 Å². The van der Waals surface area contributed by atoms with Gasteiger partial charge in [0, 0.05) is 21.3 Å². The summed E-state index contributed by atoms with van der Waals surface area (Å²) in [4.78, 5) is 50.9. The van der Waals surface area contributed by atoms with E-state index in [1.807, 2.05) is 12.1 Å². The maximum Gasteiger partial charge on any atom is 0.339 e. The number of allylic oxidation sites excluding steroid dienone is 4. The van der Waals surface area contributed by atoms with E-state index >= 15 is 0 Å². The third kappa shape index (κ3) is 4.21. The van der Waals surface area contributed by atoms with Crippen molar-refractivity contribution in [2.45, 2.75) is 64.9 Å². The van der Waals surface area contributed by atoms with Crippen LogP contribution in [0.2, 0.25) is 0 Å². The lowest BCUT2D eigenvalue weighted by atomic mass is 9.47. The number of ether oxygens (including phenoxy) is 2. The Morgan fingerprint density at radius 3 is 2.57 bits per heavy atom. The number of Topliss-reactive ketones (excluding diaryl/α,β-unsaturated/α-hetero) is 1. The van der Waals surface area contributed by atoms with E-state index in [9.17, 15) is 19.2 Å². The first-order chi connectivity index (χ1) is 17.5. The van der Waals surface area contributed by atoms with E-state index in [0.717, 1.165) is 35.7 Å². The molecule has 0 spiro atoms. The van der Waals surface area contributed by atoms with Gasteiger partial charge in [-0.15, -0.1) is 0 Å². The van der Waals surface area contributed by atoms with Gasteiger partial charge in [-0.2, -0.15) is 0 Å². The second kappa shape index (κ2) is 9.47. The molecular weight excluding hydrogens is 583 g/mol. The van der Waals surface area contributed by atoms with Gasteiger partial charge in [-0.05, 0) is 109 Å². The number of benzene rings is 1. The Kier molecular flexibility index (Phi) is 6.74. The molecule has 6 nitrogen and oxygen atoms in total. The second-order valence-corrected chi connectivity index (χ2v) is 12.8. The highest BCUT2D eigenvalue weighted by molar-refractivity contribution is 14.1. The van der Waals surface area contributed by atoms with Gasteiger partial charge in [-0.1, -0.05) is 31.6 Å². The van der Waals surface area contributed by atoms with Gasteiger partial charge in [0.05, 0.1) is 5.56 Å². The van der Waals surface area contributed by atoms with Gasteiger partial charge in [0.2, 0.25) is 5.78 Å². The first kappa shape index (κ1) is 26.3. The molecule has 4 aliphatic rings. The van der Waals surface area contributed by atoms with Crippen molar-refractivity contribution in [3.8, 4) is 0 Å². The number of ketones is 2. The average Bonchev–Trinajstić information content (AvgIpc) is 3.16. The Labute approximate surface area is 231 Å². The fourth-order valence-electron chi connectivity index (χ4n) is 7.99. The van der Waals surface area contributed by atoms with Gasteiger partial charge in [-0.25, -0.2) is 4.79 Å². The molecule has 0 N–H and O–H groups in total. The summed E-state index contributed by atoms with van der Waals surface area (Å²) in [5, 5.41) is 0. The number of hydrogen-bond donors (Lipinski definition) is 0. The molecule has 4 aliphatic carbocycles. The number of hydrogen-bond acceptors (Lipinski definition) is 6. The van der Waals surface area contributed by atoms with Crippen molar-refractivity contribution in [1.29, 1.82) is 0 Å². The van der Waals surface area contributed by atoms with E-state index in [2.05, 4.69) is 42.5 Å². The summed E-state index contributed by atoms with van der Waals surface area (Å²) in [6, 6.07) is 7.15. The SMILES string of the molecule is CC(=O)OCC(=O)[C@@]1(OC(=O)c2cccc(I)c2)CC[C@H]2[C@@H]3CCC4=CC(=O)C=C[C@]4(C)[C@H]3CC[C@@]21C. The summed E-state index contributed by atoms with van der Waals surface area (Å²) in [6.45, 7) is 5.22. The monoisotopic (exact) mass is 616 g/mol. The zero-order chi connectivity index (χ0) is 26.6. The molecule has 3 fully saturated rings. The summed E-state index contributed by atoms with van der Waals surface area (Å²) < 4.78 is 12.3. The number of esters is 2. The predicted molar refractivity (Wildman–Crippen MR) is 146 cm³/mol. The van der Waals surface area contributed by atoms with Crippen molar-refractivity contribution in [2.75, 3.05) is 6.61 Å². The molecule has 0 radical (unpaired) electrons. The first-order valence-electron chi connectivity index (χ1n) is 13.1. The minimum atomic E-state index is -1.36. The Morgan fingerprint density at radius 2 is 1.84 bits per heavy atom. The van der Waals surface area contributed by atoms with Crippen LogP contribution in [0.1, 0.15) is 69.7 Å². The maximum absolute atomic E-state index is 13.8. The van der Waals surface area contributed by atoms with Crippen LogP contribution in [0.25, 0.3) is 0 Å². The van der Waals surface area contributed by atoms with E-state index in [4.69, 9.17) is 9.47 Å². The smallest absolute Gasteiger partial charge is 0.339 e. The van der Waals surface area contributed by atoms with E-state index < -0.39 is 29.6 Å². The van der Waals surface area contributed by atoms with Crippen molar-refractivity contribution in [3.05, 3.63) is 57.2 Å². The standard InChI is InChI=1S/C30H33IO6/c1-18(32)36-17-26(34)30(37-27(35)19-5-4-6-21(31)15-19)14-11-25-23-8-7-20-16-22(33)9-12-28(20,2)24(23)10-13-29(25,30)3/h4-6,9,12,15-16,23-25H,7-8,10-11,13-14,17H2,1-3H3/t23-,24+,25+,28+,29+,30+/m1/s1. The quantitative estimate of drug-likeness (QED) is 0.315. The summed E-state index contributed by atoms with van der Waals surface area (Å²) in [6.07, 6.45) is 10.2. The number of rotatable bonds is 5. The number of halogens is 1. The molecule has 0 aliphatic heterocycles. The van der Waals surface area contributed by atoms with E-state index in [-0.39, 0.29) is 22.9 Å². The molecule has 1 aromatic carbocycles. The maximum atomic E-state index is 13.8. The third-order valence-electron chi connectivity index (χ3n) is 9.86. The number of carbonyl (C=O) groups is 4. The molecule has 0 bridgehead atoms. The van der Waals surface area contributed by atoms with E-state index in [1.165, 1.54) is 12.5 Å². The Bertz CT molecular complexity index is 1230. The van der Waals surface area contributed by atoms with Crippen LogP contribution in [-0.4, -0.2) is 35.7 Å². The number of carbonyl (C=O) groups excluding carboxylic acids is 4. The van der Waals surface area contributed by atoms with Gasteiger partial charge in [0.1, 0.15) is 0 Å². The van der Waals surface area contributed by atoms with E-state index in [1.54, 1.807) is 24.3 Å². The number of fused-ring (bicyclic) bond motifs is 5. The molecule has 37 heavy (non-hydrogen) atoms. The van der Waals surface area contributed by atoms with Gasteiger partial charge < -0.3 is 9.47 Å². The molecule has 0 amide bonds. The summed E-state index contributed by atoms with van der Waals surface area (Å²) in [5.41, 5.74) is -0.474. The molecule has 3 saturated carbocycles. The molecule has 7 heteroatoms.